The number of hydrogen-bond acceptors (Lipinski definition) is 2. The highest BCUT2D eigenvalue weighted by Gasteiger charge is 2.59. The summed E-state index contributed by atoms with van der Waals surface area (Å²) in [6.45, 7) is 6.99. The van der Waals surface area contributed by atoms with Gasteiger partial charge in [0.2, 0.25) is 0 Å². The molecule has 0 saturated heterocycles. The molecule has 2 fully saturated rings. The first-order valence-corrected chi connectivity index (χ1v) is 15.3. The van der Waals surface area contributed by atoms with Crippen molar-refractivity contribution in [3.8, 4) is 5.69 Å². The zero-order valence-electron chi connectivity index (χ0n) is 22.9. The predicted molar refractivity (Wildman–Crippen MR) is 160 cm³/mol. The molecule has 3 aromatic rings. The van der Waals surface area contributed by atoms with Crippen molar-refractivity contribution in [2.24, 2.45) is 16.7 Å². The van der Waals surface area contributed by atoms with Crippen LogP contribution in [-0.2, 0) is 12.8 Å². The Morgan fingerprint density at radius 3 is 2.46 bits per heavy atom. The molecule has 206 valence electrons. The van der Waals surface area contributed by atoms with Crippen LogP contribution in [0.2, 0.25) is 15.1 Å². The van der Waals surface area contributed by atoms with Gasteiger partial charge in [-0.2, -0.15) is 5.10 Å². The minimum atomic E-state index is -0.0610. The van der Waals surface area contributed by atoms with Crippen LogP contribution in [0.4, 0.5) is 0 Å². The second-order valence-corrected chi connectivity index (χ2v) is 14.1. The first kappa shape index (κ1) is 27.2. The summed E-state index contributed by atoms with van der Waals surface area (Å²) in [5, 5.41) is 10.4. The predicted octanol–water partition coefficient (Wildman–Crippen LogP) is 8.83. The summed E-state index contributed by atoms with van der Waals surface area (Å²) in [7, 11) is 0. The van der Waals surface area contributed by atoms with E-state index in [-0.39, 0.29) is 28.7 Å². The van der Waals surface area contributed by atoms with Gasteiger partial charge in [0.15, 0.2) is 5.69 Å². The lowest BCUT2D eigenvalue weighted by atomic mass is 9.68. The van der Waals surface area contributed by atoms with E-state index in [9.17, 15) is 4.79 Å². The molecule has 3 aliphatic carbocycles. The van der Waals surface area contributed by atoms with Gasteiger partial charge in [0.05, 0.1) is 16.4 Å². The number of aromatic nitrogens is 2. The largest absolute Gasteiger partial charge is 0.347 e. The van der Waals surface area contributed by atoms with Gasteiger partial charge in [-0.3, -0.25) is 4.79 Å². The van der Waals surface area contributed by atoms with Crippen molar-refractivity contribution in [3.63, 3.8) is 0 Å². The minimum Gasteiger partial charge on any atom is -0.347 e. The molecule has 2 saturated carbocycles. The van der Waals surface area contributed by atoms with Crippen LogP contribution >= 0.6 is 34.8 Å². The fraction of sp³-hybridized carbons (Fsp3) is 0.500. The number of hydrogen-bond donors (Lipinski definition) is 1. The molecule has 39 heavy (non-hydrogen) atoms. The van der Waals surface area contributed by atoms with Crippen molar-refractivity contribution in [2.75, 3.05) is 0 Å². The monoisotopic (exact) mass is 583 g/mol. The van der Waals surface area contributed by atoms with E-state index < -0.39 is 0 Å². The summed E-state index contributed by atoms with van der Waals surface area (Å²) in [6, 6.07) is 13.7. The zero-order valence-corrected chi connectivity index (χ0v) is 25.1. The maximum atomic E-state index is 14.1. The molecule has 0 spiro atoms. The van der Waals surface area contributed by atoms with Gasteiger partial charge >= 0.3 is 0 Å². The van der Waals surface area contributed by atoms with Crippen molar-refractivity contribution >= 4 is 40.7 Å². The number of nitrogens with zero attached hydrogens (tertiary/aromatic N) is 2. The highest BCUT2D eigenvalue weighted by atomic mass is 35.5. The van der Waals surface area contributed by atoms with Crippen LogP contribution in [0.1, 0.15) is 92.5 Å². The van der Waals surface area contributed by atoms with Crippen LogP contribution in [0.15, 0.2) is 42.5 Å². The van der Waals surface area contributed by atoms with E-state index in [1.807, 2.05) is 28.9 Å². The van der Waals surface area contributed by atoms with Gasteiger partial charge in [-0.1, -0.05) is 74.1 Å². The Hall–Kier alpha value is -2.01. The first-order chi connectivity index (χ1) is 18.6. The Bertz CT molecular complexity index is 1410. The highest BCUT2D eigenvalue weighted by molar-refractivity contribution is 6.35. The Morgan fingerprint density at radius 1 is 1.03 bits per heavy atom. The summed E-state index contributed by atoms with van der Waals surface area (Å²) in [6.07, 6.45) is 8.41. The number of halogens is 3. The molecule has 6 rings (SSSR count). The Morgan fingerprint density at radius 2 is 1.77 bits per heavy atom. The van der Waals surface area contributed by atoms with Crippen LogP contribution in [-0.4, -0.2) is 21.7 Å². The maximum Gasteiger partial charge on any atom is 0.272 e. The van der Waals surface area contributed by atoms with E-state index in [0.29, 0.717) is 21.7 Å². The fourth-order valence-corrected chi connectivity index (χ4v) is 8.56. The number of benzene rings is 2. The van der Waals surface area contributed by atoms with E-state index in [1.54, 1.807) is 6.07 Å². The second-order valence-electron chi connectivity index (χ2n) is 12.8. The SMILES string of the molecule is CC12CCC(C1)C(C)(C)[C@H]2NC(=O)c1nn(-c2ccc(Cl)cc2Cl)c2c1CCCCC2Cc1ccc(Cl)cc1. The van der Waals surface area contributed by atoms with Crippen LogP contribution in [0.25, 0.3) is 5.69 Å². The Labute approximate surface area is 246 Å². The van der Waals surface area contributed by atoms with Crippen LogP contribution in [0.3, 0.4) is 0 Å². The Balaban J connectivity index is 1.43. The van der Waals surface area contributed by atoms with Gasteiger partial charge in [0.1, 0.15) is 0 Å². The summed E-state index contributed by atoms with van der Waals surface area (Å²) in [5.74, 6) is 0.786. The zero-order chi connectivity index (χ0) is 27.5. The molecular weight excluding hydrogens is 549 g/mol. The topological polar surface area (TPSA) is 46.9 Å². The van der Waals surface area contributed by atoms with Gasteiger partial charge < -0.3 is 5.32 Å². The quantitative estimate of drug-likeness (QED) is 0.305. The summed E-state index contributed by atoms with van der Waals surface area (Å²) in [4.78, 5) is 14.1. The lowest BCUT2D eigenvalue weighted by Crippen LogP contribution is -2.52. The summed E-state index contributed by atoms with van der Waals surface area (Å²) >= 11 is 19.2. The average molecular weight is 585 g/mol. The normalized spacial score (nSPS) is 27.3. The minimum absolute atomic E-state index is 0.0610. The van der Waals surface area contributed by atoms with Crippen molar-refractivity contribution in [3.05, 3.63) is 80.0 Å². The lowest BCUT2D eigenvalue weighted by Gasteiger charge is -2.43. The molecule has 7 heteroatoms. The Kier molecular flexibility index (Phi) is 7.05. The van der Waals surface area contributed by atoms with Crippen molar-refractivity contribution < 1.29 is 4.79 Å². The fourth-order valence-electron chi connectivity index (χ4n) is 7.94. The molecule has 1 amide bonds. The molecule has 3 unspecified atom stereocenters. The average Bonchev–Trinajstić information content (AvgIpc) is 3.46. The highest BCUT2D eigenvalue weighted by Crippen LogP contribution is 2.62. The molecule has 0 aliphatic heterocycles. The molecular formula is C32H36Cl3N3O. The third-order valence-corrected chi connectivity index (χ3v) is 10.7. The van der Waals surface area contributed by atoms with E-state index in [4.69, 9.17) is 39.9 Å². The third-order valence-electron chi connectivity index (χ3n) is 9.93. The summed E-state index contributed by atoms with van der Waals surface area (Å²) < 4.78 is 1.93. The molecule has 0 radical (unpaired) electrons. The van der Waals surface area contributed by atoms with Gasteiger partial charge in [0.25, 0.3) is 5.91 Å². The molecule has 2 bridgehead atoms. The molecule has 1 heterocycles. The van der Waals surface area contributed by atoms with Gasteiger partial charge in [0, 0.05) is 27.6 Å². The molecule has 2 aromatic carbocycles. The van der Waals surface area contributed by atoms with E-state index >= 15 is 0 Å². The number of carbonyl (C=O) groups is 1. The van der Waals surface area contributed by atoms with Crippen molar-refractivity contribution in [1.82, 2.24) is 15.1 Å². The number of amides is 1. The van der Waals surface area contributed by atoms with Crippen LogP contribution in [0.5, 0.6) is 0 Å². The van der Waals surface area contributed by atoms with Crippen molar-refractivity contribution in [2.45, 2.75) is 84.1 Å². The van der Waals surface area contributed by atoms with E-state index in [0.717, 1.165) is 54.1 Å². The molecule has 1 N–H and O–H groups in total. The number of nitrogens with one attached hydrogen (secondary N) is 1. The number of carbonyl (C=O) groups excluding carboxylic acids is 1. The first-order valence-electron chi connectivity index (χ1n) is 14.2. The van der Waals surface area contributed by atoms with Gasteiger partial charge in [-0.25, -0.2) is 4.68 Å². The smallest absolute Gasteiger partial charge is 0.272 e. The lowest BCUT2D eigenvalue weighted by molar-refractivity contribution is 0.0732. The van der Waals surface area contributed by atoms with E-state index in [2.05, 4.69) is 38.2 Å². The second kappa shape index (κ2) is 10.1. The maximum absolute atomic E-state index is 14.1. The third kappa shape index (κ3) is 4.81. The van der Waals surface area contributed by atoms with Crippen LogP contribution in [0, 0.1) is 16.7 Å². The standard InChI is InChI=1S/C32H36Cl3N3O/c1-31(2)21-14-15-32(3,18-21)30(31)36-29(39)27-24-7-5-4-6-20(16-19-8-10-22(33)11-9-19)28(24)38(37-27)26-13-12-23(34)17-25(26)35/h8-13,17,20-21,30H,4-7,14-16,18H2,1-3H3,(H,36,39)/t20?,21?,30-,32?/m1/s1. The molecule has 4 nitrogen and oxygen atoms in total. The molecule has 1 aromatic heterocycles. The summed E-state index contributed by atoms with van der Waals surface area (Å²) in [5.41, 5.74) is 4.87. The van der Waals surface area contributed by atoms with Gasteiger partial charge in [-0.15, -0.1) is 0 Å². The van der Waals surface area contributed by atoms with Gasteiger partial charge in [-0.05, 0) is 97.6 Å². The van der Waals surface area contributed by atoms with E-state index in [1.165, 1.54) is 24.8 Å². The van der Waals surface area contributed by atoms with Crippen molar-refractivity contribution in [1.29, 1.82) is 0 Å². The van der Waals surface area contributed by atoms with Crippen LogP contribution < -0.4 is 5.32 Å². The molecule has 4 atom stereocenters. The number of rotatable bonds is 5. The number of fused-ring (bicyclic) bond motifs is 3. The molecule has 3 aliphatic rings.